The number of nitrogens with one attached hydrogen (secondary N) is 1. The van der Waals surface area contributed by atoms with Gasteiger partial charge in [0.05, 0.1) is 13.7 Å². The lowest BCUT2D eigenvalue weighted by molar-refractivity contribution is 0.0932. The summed E-state index contributed by atoms with van der Waals surface area (Å²) in [6, 6.07) is 3.28. The fraction of sp³-hybridized carbons (Fsp3) is 0.333. The third-order valence-corrected chi connectivity index (χ3v) is 2.51. The number of nitrogens with zero attached hydrogens (tertiary/aromatic N) is 4. The van der Waals surface area contributed by atoms with E-state index < -0.39 is 0 Å². The van der Waals surface area contributed by atoms with Crippen molar-refractivity contribution in [3.8, 4) is 5.88 Å². The summed E-state index contributed by atoms with van der Waals surface area (Å²) < 4.78 is 6.71. The Morgan fingerprint density at radius 2 is 2.42 bits per heavy atom. The lowest BCUT2D eigenvalue weighted by Gasteiger charge is -2.14. The highest BCUT2D eigenvalue weighted by molar-refractivity contribution is 5.96. The molecular formula is C12H15N5O2. The van der Waals surface area contributed by atoms with Crippen molar-refractivity contribution in [2.45, 2.75) is 19.5 Å². The van der Waals surface area contributed by atoms with Crippen molar-refractivity contribution in [3.63, 3.8) is 0 Å². The highest BCUT2D eigenvalue weighted by atomic mass is 16.5. The van der Waals surface area contributed by atoms with Gasteiger partial charge in [-0.15, -0.1) is 0 Å². The first-order valence-corrected chi connectivity index (χ1v) is 5.83. The molecule has 2 aromatic rings. The summed E-state index contributed by atoms with van der Waals surface area (Å²) in [7, 11) is 1.48. The summed E-state index contributed by atoms with van der Waals surface area (Å²) in [5.74, 6) is 0.0884. The number of methoxy groups -OCH3 is 1. The first-order chi connectivity index (χ1) is 9.20. The van der Waals surface area contributed by atoms with Crippen LogP contribution >= 0.6 is 0 Å². The van der Waals surface area contributed by atoms with Gasteiger partial charge >= 0.3 is 0 Å². The molecule has 0 saturated heterocycles. The summed E-state index contributed by atoms with van der Waals surface area (Å²) in [6.45, 7) is 2.44. The van der Waals surface area contributed by atoms with Crippen molar-refractivity contribution < 1.29 is 9.53 Å². The van der Waals surface area contributed by atoms with Crippen LogP contribution in [0.5, 0.6) is 5.88 Å². The molecule has 0 radical (unpaired) electrons. The van der Waals surface area contributed by atoms with Crippen molar-refractivity contribution in [2.75, 3.05) is 7.11 Å². The van der Waals surface area contributed by atoms with Crippen molar-refractivity contribution >= 4 is 5.91 Å². The minimum atomic E-state index is -0.224. The lowest BCUT2D eigenvalue weighted by Crippen LogP contribution is -2.36. The third kappa shape index (κ3) is 3.27. The number of pyridine rings is 1. The molecule has 0 aliphatic carbocycles. The Balaban J connectivity index is 2.00. The Morgan fingerprint density at radius 1 is 1.58 bits per heavy atom. The van der Waals surface area contributed by atoms with E-state index in [9.17, 15) is 4.79 Å². The van der Waals surface area contributed by atoms with E-state index in [4.69, 9.17) is 4.74 Å². The van der Waals surface area contributed by atoms with E-state index in [1.165, 1.54) is 13.4 Å². The molecule has 0 saturated carbocycles. The second-order valence-electron chi connectivity index (χ2n) is 4.05. The van der Waals surface area contributed by atoms with Crippen LogP contribution in [0.4, 0.5) is 0 Å². The van der Waals surface area contributed by atoms with Crippen molar-refractivity contribution in [3.05, 3.63) is 36.5 Å². The molecule has 0 aromatic carbocycles. The molecule has 1 atom stereocenters. The summed E-state index contributed by atoms with van der Waals surface area (Å²) in [5, 5.41) is 6.85. The molecule has 100 valence electrons. The Morgan fingerprint density at radius 3 is 3.11 bits per heavy atom. The van der Waals surface area contributed by atoms with Gasteiger partial charge in [0.1, 0.15) is 18.2 Å². The number of ether oxygens (including phenoxy) is 1. The quantitative estimate of drug-likeness (QED) is 0.847. The predicted molar refractivity (Wildman–Crippen MR) is 67.7 cm³/mol. The summed E-state index contributed by atoms with van der Waals surface area (Å²) in [4.78, 5) is 19.9. The highest BCUT2D eigenvalue weighted by Gasteiger charge is 2.15. The molecule has 1 unspecified atom stereocenters. The average molecular weight is 261 g/mol. The molecule has 2 aromatic heterocycles. The standard InChI is InChI=1S/C12H15N5O2/c1-9(6-17-8-13-7-15-17)16-11(18)10-4-3-5-14-12(10)19-2/h3-5,7-9H,6H2,1-2H3,(H,16,18). The van der Waals surface area contributed by atoms with Gasteiger partial charge in [0.15, 0.2) is 0 Å². The molecule has 0 aliphatic heterocycles. The molecule has 1 amide bonds. The normalized spacial score (nSPS) is 11.9. The van der Waals surface area contributed by atoms with Gasteiger partial charge in [-0.3, -0.25) is 9.48 Å². The maximum Gasteiger partial charge on any atom is 0.257 e. The Hall–Kier alpha value is -2.44. The Labute approximate surface area is 110 Å². The number of amides is 1. The van der Waals surface area contributed by atoms with Gasteiger partial charge in [-0.05, 0) is 19.1 Å². The third-order valence-electron chi connectivity index (χ3n) is 2.51. The maximum atomic E-state index is 12.1. The van der Waals surface area contributed by atoms with Gasteiger partial charge in [0, 0.05) is 12.2 Å². The average Bonchev–Trinajstić information content (AvgIpc) is 2.91. The molecule has 0 bridgehead atoms. The summed E-state index contributed by atoms with van der Waals surface area (Å²) in [6.07, 6.45) is 4.64. The van der Waals surface area contributed by atoms with Crippen LogP contribution in [0.1, 0.15) is 17.3 Å². The number of hydrogen-bond acceptors (Lipinski definition) is 5. The van der Waals surface area contributed by atoms with E-state index in [1.807, 2.05) is 6.92 Å². The molecule has 1 N–H and O–H groups in total. The van der Waals surface area contributed by atoms with Crippen molar-refractivity contribution in [2.24, 2.45) is 0 Å². The van der Waals surface area contributed by atoms with Crippen LogP contribution in [0, 0.1) is 0 Å². The molecule has 0 spiro atoms. The van der Waals surface area contributed by atoms with Crippen molar-refractivity contribution in [1.29, 1.82) is 0 Å². The van der Waals surface area contributed by atoms with Crippen molar-refractivity contribution in [1.82, 2.24) is 25.1 Å². The van der Waals surface area contributed by atoms with Gasteiger partial charge in [-0.2, -0.15) is 5.10 Å². The van der Waals surface area contributed by atoms with Crippen LogP contribution in [0.25, 0.3) is 0 Å². The smallest absolute Gasteiger partial charge is 0.257 e. The zero-order valence-corrected chi connectivity index (χ0v) is 10.8. The second-order valence-corrected chi connectivity index (χ2v) is 4.05. The number of carbonyl (C=O) groups is 1. The summed E-state index contributed by atoms with van der Waals surface area (Å²) >= 11 is 0. The van der Waals surface area contributed by atoms with E-state index in [0.717, 1.165) is 0 Å². The zero-order chi connectivity index (χ0) is 13.7. The SMILES string of the molecule is COc1ncccc1C(=O)NC(C)Cn1cncn1. The lowest BCUT2D eigenvalue weighted by atomic mass is 10.2. The van der Waals surface area contributed by atoms with Gasteiger partial charge in [0.25, 0.3) is 5.91 Å². The fourth-order valence-corrected chi connectivity index (χ4v) is 1.68. The highest BCUT2D eigenvalue weighted by Crippen LogP contribution is 2.13. The molecule has 2 rings (SSSR count). The van der Waals surface area contributed by atoms with E-state index in [1.54, 1.807) is 29.3 Å². The van der Waals surface area contributed by atoms with Crippen LogP contribution in [0.2, 0.25) is 0 Å². The van der Waals surface area contributed by atoms with Gasteiger partial charge in [-0.25, -0.2) is 9.97 Å². The van der Waals surface area contributed by atoms with Crippen LogP contribution in [0.15, 0.2) is 31.0 Å². The first-order valence-electron chi connectivity index (χ1n) is 5.83. The summed E-state index contributed by atoms with van der Waals surface area (Å²) in [5.41, 5.74) is 0.412. The van der Waals surface area contributed by atoms with E-state index in [-0.39, 0.29) is 11.9 Å². The fourth-order valence-electron chi connectivity index (χ4n) is 1.68. The van der Waals surface area contributed by atoms with Crippen LogP contribution in [0.3, 0.4) is 0 Å². The molecular weight excluding hydrogens is 246 g/mol. The molecule has 0 fully saturated rings. The monoisotopic (exact) mass is 261 g/mol. The van der Waals surface area contributed by atoms with Gasteiger partial charge in [0.2, 0.25) is 5.88 Å². The number of aromatic nitrogens is 4. The number of hydrogen-bond donors (Lipinski definition) is 1. The van der Waals surface area contributed by atoms with Crippen LogP contribution in [-0.2, 0) is 6.54 Å². The molecule has 7 nitrogen and oxygen atoms in total. The zero-order valence-electron chi connectivity index (χ0n) is 10.8. The number of carbonyl (C=O) groups excluding carboxylic acids is 1. The minimum Gasteiger partial charge on any atom is -0.480 e. The van der Waals surface area contributed by atoms with E-state index in [2.05, 4.69) is 20.4 Å². The Kier molecular flexibility index (Phi) is 4.07. The first kappa shape index (κ1) is 13.0. The van der Waals surface area contributed by atoms with Crippen LogP contribution < -0.4 is 10.1 Å². The topological polar surface area (TPSA) is 81.9 Å². The van der Waals surface area contributed by atoms with Crippen LogP contribution in [-0.4, -0.2) is 38.8 Å². The van der Waals surface area contributed by atoms with E-state index in [0.29, 0.717) is 18.0 Å². The molecule has 7 heteroatoms. The Bertz CT molecular complexity index is 541. The largest absolute Gasteiger partial charge is 0.480 e. The minimum absolute atomic E-state index is 0.0842. The number of rotatable bonds is 5. The molecule has 2 heterocycles. The molecule has 19 heavy (non-hydrogen) atoms. The van der Waals surface area contributed by atoms with Gasteiger partial charge in [-0.1, -0.05) is 0 Å². The van der Waals surface area contributed by atoms with E-state index >= 15 is 0 Å². The second kappa shape index (κ2) is 5.94. The maximum absolute atomic E-state index is 12.1. The molecule has 0 aliphatic rings. The van der Waals surface area contributed by atoms with Gasteiger partial charge < -0.3 is 10.1 Å². The predicted octanol–water partition coefficient (Wildman–Crippen LogP) is 0.500.